The molecule has 0 aliphatic heterocycles. The lowest BCUT2D eigenvalue weighted by molar-refractivity contribution is -0.137. The number of hydrogen-bond acceptors (Lipinski definition) is 3. The molecule has 0 spiro atoms. The Morgan fingerprint density at radius 1 is 1.07 bits per heavy atom. The van der Waals surface area contributed by atoms with Gasteiger partial charge in [-0.25, -0.2) is 0 Å². The first-order valence-electron chi connectivity index (χ1n) is 9.69. The van der Waals surface area contributed by atoms with Crippen LogP contribution < -0.4 is 10.7 Å². The van der Waals surface area contributed by atoms with E-state index in [0.29, 0.717) is 32.4 Å². The zero-order chi connectivity index (χ0) is 21.4. The second kappa shape index (κ2) is 7.84. The predicted octanol–water partition coefficient (Wildman–Crippen LogP) is 5.38. The molecule has 6 heteroatoms. The number of pyridine rings is 1. The first-order valence-corrected chi connectivity index (χ1v) is 10.1. The maximum atomic E-state index is 13.3. The number of carbonyl (C=O) groups is 1. The lowest BCUT2D eigenvalue weighted by Gasteiger charge is -2.19. The van der Waals surface area contributed by atoms with E-state index < -0.39 is 5.97 Å². The number of nitrogens with zero attached hydrogens (tertiary/aromatic N) is 1. The molecule has 5 nitrogen and oxygen atoms in total. The van der Waals surface area contributed by atoms with Gasteiger partial charge in [-0.3, -0.25) is 9.59 Å². The first-order chi connectivity index (χ1) is 14.4. The molecule has 0 radical (unpaired) electrons. The standard InChI is InChI=1S/C24H21ClN2O3/c1-14(2)26-16-8-9-17-20(12-16)27(13-21(28)29)23-18(24(17)30)10-11-19(25)22(23)15-6-4-3-5-7-15/h3-12,14,26H,13H2,1-2H3,(H,28,29). The van der Waals surface area contributed by atoms with E-state index >= 15 is 0 Å². The van der Waals surface area contributed by atoms with Gasteiger partial charge in [0.1, 0.15) is 6.54 Å². The summed E-state index contributed by atoms with van der Waals surface area (Å²) in [5, 5.41) is 14.3. The predicted molar refractivity (Wildman–Crippen MR) is 123 cm³/mol. The molecule has 0 saturated carbocycles. The van der Waals surface area contributed by atoms with Crippen LogP contribution >= 0.6 is 11.6 Å². The van der Waals surface area contributed by atoms with Gasteiger partial charge in [0, 0.05) is 28.1 Å². The highest BCUT2D eigenvalue weighted by atomic mass is 35.5. The molecule has 0 amide bonds. The van der Waals surface area contributed by atoms with Gasteiger partial charge in [0.05, 0.1) is 16.1 Å². The molecular weight excluding hydrogens is 400 g/mol. The summed E-state index contributed by atoms with van der Waals surface area (Å²) < 4.78 is 1.67. The van der Waals surface area contributed by atoms with Crippen LogP contribution in [-0.4, -0.2) is 21.7 Å². The topological polar surface area (TPSA) is 71.3 Å². The lowest BCUT2D eigenvalue weighted by atomic mass is 9.99. The molecule has 1 heterocycles. The van der Waals surface area contributed by atoms with Gasteiger partial charge in [-0.05, 0) is 49.7 Å². The molecule has 4 aromatic rings. The van der Waals surface area contributed by atoms with Crippen molar-refractivity contribution in [1.82, 2.24) is 4.57 Å². The average molecular weight is 421 g/mol. The summed E-state index contributed by atoms with van der Waals surface area (Å²) in [6.45, 7) is 3.74. The number of nitrogens with one attached hydrogen (secondary N) is 1. The van der Waals surface area contributed by atoms with Crippen molar-refractivity contribution in [2.24, 2.45) is 0 Å². The lowest BCUT2D eigenvalue weighted by Crippen LogP contribution is -2.17. The summed E-state index contributed by atoms with van der Waals surface area (Å²) >= 11 is 6.57. The van der Waals surface area contributed by atoms with Gasteiger partial charge in [-0.1, -0.05) is 41.9 Å². The van der Waals surface area contributed by atoms with E-state index in [4.69, 9.17) is 11.6 Å². The Labute approximate surface area is 178 Å². The Morgan fingerprint density at radius 3 is 2.43 bits per heavy atom. The quantitative estimate of drug-likeness (QED) is 0.425. The number of hydrogen-bond donors (Lipinski definition) is 2. The SMILES string of the molecule is CC(C)Nc1ccc2c(=O)c3ccc(Cl)c(-c4ccccc4)c3n(CC(=O)O)c2c1. The van der Waals surface area contributed by atoms with Gasteiger partial charge < -0.3 is 15.0 Å². The molecule has 3 aromatic carbocycles. The van der Waals surface area contributed by atoms with Crippen LogP contribution in [0.1, 0.15) is 13.8 Å². The van der Waals surface area contributed by atoms with Gasteiger partial charge in [-0.15, -0.1) is 0 Å². The number of aliphatic carboxylic acids is 1. The summed E-state index contributed by atoms with van der Waals surface area (Å²) in [7, 11) is 0. The molecular formula is C24H21ClN2O3. The Morgan fingerprint density at radius 2 is 1.77 bits per heavy atom. The molecule has 0 aliphatic rings. The minimum Gasteiger partial charge on any atom is -0.480 e. The maximum absolute atomic E-state index is 13.3. The summed E-state index contributed by atoms with van der Waals surface area (Å²) in [5.74, 6) is -0.998. The fourth-order valence-electron chi connectivity index (χ4n) is 3.84. The van der Waals surface area contributed by atoms with Crippen LogP contribution in [-0.2, 0) is 11.3 Å². The third-order valence-electron chi connectivity index (χ3n) is 4.99. The van der Waals surface area contributed by atoms with E-state index in [2.05, 4.69) is 5.32 Å². The minimum absolute atomic E-state index is 0.147. The monoisotopic (exact) mass is 420 g/mol. The number of carboxylic acid groups (broad SMARTS) is 1. The molecule has 1 aromatic heterocycles. The molecule has 4 rings (SSSR count). The Bertz CT molecular complexity index is 1330. The smallest absolute Gasteiger partial charge is 0.323 e. The summed E-state index contributed by atoms with van der Waals surface area (Å²) in [6, 6.07) is 18.4. The molecule has 0 aliphatic carbocycles. The van der Waals surface area contributed by atoms with Gasteiger partial charge in [0.2, 0.25) is 0 Å². The zero-order valence-corrected chi connectivity index (χ0v) is 17.4. The van der Waals surface area contributed by atoms with Crippen LogP contribution in [0.2, 0.25) is 5.02 Å². The molecule has 0 saturated heterocycles. The number of aromatic nitrogens is 1. The van der Waals surface area contributed by atoms with E-state index in [1.54, 1.807) is 22.8 Å². The highest BCUT2D eigenvalue weighted by Crippen LogP contribution is 2.36. The largest absolute Gasteiger partial charge is 0.480 e. The molecule has 0 fully saturated rings. The van der Waals surface area contributed by atoms with Crippen molar-refractivity contribution in [2.45, 2.75) is 26.4 Å². The number of benzene rings is 3. The minimum atomic E-state index is -0.998. The molecule has 30 heavy (non-hydrogen) atoms. The highest BCUT2D eigenvalue weighted by molar-refractivity contribution is 6.35. The van der Waals surface area contributed by atoms with Crippen LogP contribution in [0.15, 0.2) is 65.5 Å². The normalized spacial score (nSPS) is 11.3. The second-order valence-electron chi connectivity index (χ2n) is 7.52. The van der Waals surface area contributed by atoms with Gasteiger partial charge in [-0.2, -0.15) is 0 Å². The van der Waals surface area contributed by atoms with E-state index in [1.807, 2.05) is 56.3 Å². The van der Waals surface area contributed by atoms with Gasteiger partial charge >= 0.3 is 5.97 Å². The Balaban J connectivity index is 2.20. The second-order valence-corrected chi connectivity index (χ2v) is 7.93. The molecule has 152 valence electrons. The van der Waals surface area contributed by atoms with E-state index in [0.717, 1.165) is 11.3 Å². The third-order valence-corrected chi connectivity index (χ3v) is 5.30. The van der Waals surface area contributed by atoms with Crippen LogP contribution in [0.5, 0.6) is 0 Å². The summed E-state index contributed by atoms with van der Waals surface area (Å²) in [5.41, 5.74) is 3.22. The average Bonchev–Trinajstić information content (AvgIpc) is 2.70. The van der Waals surface area contributed by atoms with Crippen LogP contribution in [0, 0.1) is 0 Å². The summed E-state index contributed by atoms with van der Waals surface area (Å²) in [6.07, 6.45) is 0. The van der Waals surface area contributed by atoms with Crippen LogP contribution in [0.25, 0.3) is 32.9 Å². The molecule has 0 bridgehead atoms. The number of carboxylic acids is 1. The van der Waals surface area contributed by atoms with E-state index in [1.165, 1.54) is 0 Å². The zero-order valence-electron chi connectivity index (χ0n) is 16.6. The van der Waals surface area contributed by atoms with Crippen molar-refractivity contribution >= 4 is 45.1 Å². The number of anilines is 1. The number of fused-ring (bicyclic) bond motifs is 2. The van der Waals surface area contributed by atoms with Crippen LogP contribution in [0.3, 0.4) is 0 Å². The third kappa shape index (κ3) is 3.53. The van der Waals surface area contributed by atoms with Crippen molar-refractivity contribution in [1.29, 1.82) is 0 Å². The van der Waals surface area contributed by atoms with Gasteiger partial charge in [0.15, 0.2) is 5.43 Å². The Kier molecular flexibility index (Phi) is 5.22. The van der Waals surface area contributed by atoms with Crippen molar-refractivity contribution in [3.63, 3.8) is 0 Å². The maximum Gasteiger partial charge on any atom is 0.323 e. The highest BCUT2D eigenvalue weighted by Gasteiger charge is 2.19. The van der Waals surface area contributed by atoms with E-state index in [9.17, 15) is 14.7 Å². The molecule has 0 unspecified atom stereocenters. The number of halogens is 1. The van der Waals surface area contributed by atoms with Crippen molar-refractivity contribution in [3.8, 4) is 11.1 Å². The first kappa shape index (κ1) is 20.0. The fourth-order valence-corrected chi connectivity index (χ4v) is 4.11. The van der Waals surface area contributed by atoms with Gasteiger partial charge in [0.25, 0.3) is 0 Å². The Hall–Kier alpha value is -3.31. The van der Waals surface area contributed by atoms with Crippen molar-refractivity contribution < 1.29 is 9.90 Å². The fraction of sp³-hybridized carbons (Fsp3) is 0.167. The summed E-state index contributed by atoms with van der Waals surface area (Å²) in [4.78, 5) is 25.1. The molecule has 2 N–H and O–H groups in total. The van der Waals surface area contributed by atoms with Crippen molar-refractivity contribution in [2.75, 3.05) is 5.32 Å². The molecule has 0 atom stereocenters. The van der Waals surface area contributed by atoms with Crippen LogP contribution in [0.4, 0.5) is 5.69 Å². The van der Waals surface area contributed by atoms with E-state index in [-0.39, 0.29) is 18.0 Å². The van der Waals surface area contributed by atoms with Crippen molar-refractivity contribution in [3.05, 3.63) is 75.9 Å². The number of rotatable bonds is 5.